The predicted molar refractivity (Wildman–Crippen MR) is 109 cm³/mol. The van der Waals surface area contributed by atoms with E-state index in [4.69, 9.17) is 9.84 Å². The Hall–Kier alpha value is -3.85. The number of hydrogen-bond donors (Lipinski definition) is 3. The van der Waals surface area contributed by atoms with Crippen LogP contribution in [0.2, 0.25) is 0 Å². The third-order valence-electron chi connectivity index (χ3n) is 4.26. The average Bonchev–Trinajstić information content (AvgIpc) is 2.75. The number of nitrogens with one attached hydrogen (secondary N) is 1. The van der Waals surface area contributed by atoms with Crippen LogP contribution in [-0.2, 0) is 11.2 Å². The average molecular weight is 425 g/mol. The lowest BCUT2D eigenvalue weighted by Gasteiger charge is -2.11. The van der Waals surface area contributed by atoms with E-state index in [0.717, 1.165) is 0 Å². The fourth-order valence-electron chi connectivity index (χ4n) is 2.63. The fourth-order valence-corrected chi connectivity index (χ4v) is 2.63. The number of nitrogens with zero attached hydrogens (tertiary/aromatic N) is 2. The summed E-state index contributed by atoms with van der Waals surface area (Å²) in [6.07, 6.45) is 0.204. The number of aliphatic hydroxyl groups is 1. The molecule has 0 bridgehead atoms. The quantitative estimate of drug-likeness (QED) is 0.507. The Morgan fingerprint density at radius 2 is 1.68 bits per heavy atom. The van der Waals surface area contributed by atoms with Crippen molar-refractivity contribution in [3.8, 4) is 22.9 Å². The number of carboxylic acid groups (broad SMARTS) is 1. The van der Waals surface area contributed by atoms with Crippen LogP contribution in [-0.4, -0.2) is 44.7 Å². The summed E-state index contributed by atoms with van der Waals surface area (Å²) in [5.41, 5.74) is 1.02. The number of aromatic nitrogens is 2. The van der Waals surface area contributed by atoms with Crippen molar-refractivity contribution in [3.05, 3.63) is 71.8 Å². The van der Waals surface area contributed by atoms with E-state index in [9.17, 15) is 19.1 Å². The molecule has 0 aliphatic heterocycles. The molecule has 31 heavy (non-hydrogen) atoms. The molecule has 2 aromatic carbocycles. The maximum atomic E-state index is 13.0. The zero-order valence-electron chi connectivity index (χ0n) is 16.6. The Morgan fingerprint density at radius 1 is 1.06 bits per heavy atom. The lowest BCUT2D eigenvalue weighted by molar-refractivity contribution is -0.138. The highest BCUT2D eigenvalue weighted by molar-refractivity contribution is 5.95. The van der Waals surface area contributed by atoms with Gasteiger partial charge in [0.1, 0.15) is 29.1 Å². The molecule has 3 N–H and O–H groups in total. The number of hydrogen-bond acceptors (Lipinski definition) is 6. The second-order valence-corrected chi connectivity index (χ2v) is 6.66. The van der Waals surface area contributed by atoms with Gasteiger partial charge in [-0.2, -0.15) is 0 Å². The van der Waals surface area contributed by atoms with Crippen LogP contribution >= 0.6 is 0 Å². The van der Waals surface area contributed by atoms with E-state index in [-0.39, 0.29) is 30.4 Å². The third-order valence-corrected chi connectivity index (χ3v) is 4.26. The van der Waals surface area contributed by atoms with Gasteiger partial charge in [0.15, 0.2) is 5.82 Å². The van der Waals surface area contributed by atoms with Crippen molar-refractivity contribution in [1.82, 2.24) is 15.3 Å². The van der Waals surface area contributed by atoms with Crippen molar-refractivity contribution in [2.24, 2.45) is 0 Å². The van der Waals surface area contributed by atoms with E-state index < -0.39 is 17.9 Å². The van der Waals surface area contributed by atoms with E-state index >= 15 is 0 Å². The Labute approximate surface area is 177 Å². The molecule has 1 amide bonds. The largest absolute Gasteiger partial charge is 0.480 e. The van der Waals surface area contributed by atoms with Gasteiger partial charge in [0.05, 0.1) is 0 Å². The second kappa shape index (κ2) is 9.77. The molecule has 0 aliphatic rings. The summed E-state index contributed by atoms with van der Waals surface area (Å²) in [5.74, 6) is -0.964. The predicted octanol–water partition coefficient (Wildman–Crippen LogP) is 2.81. The maximum absolute atomic E-state index is 13.0. The number of carboxylic acids is 1. The molecular weight excluding hydrogens is 405 g/mol. The lowest BCUT2D eigenvalue weighted by atomic mass is 10.1. The number of rotatable bonds is 8. The molecule has 0 unspecified atom stereocenters. The molecule has 1 heterocycles. The standard InChI is InChI=1S/C22H20FN3O5/c1-13(22(29)30)24-21(28)19-12-16(10-11-27)25-20(26-19)14-2-6-17(7-3-14)31-18-8-4-15(23)5-9-18/h2-9,12-13,27H,10-11H2,1H3,(H,24,28)(H,29,30)/t13-/m0/s1. The van der Waals surface area contributed by atoms with Gasteiger partial charge >= 0.3 is 5.97 Å². The van der Waals surface area contributed by atoms with Crippen LogP contribution in [0.5, 0.6) is 11.5 Å². The zero-order valence-corrected chi connectivity index (χ0v) is 16.6. The zero-order chi connectivity index (χ0) is 22.4. The van der Waals surface area contributed by atoms with Gasteiger partial charge in [0.25, 0.3) is 5.91 Å². The van der Waals surface area contributed by atoms with E-state index in [1.165, 1.54) is 37.3 Å². The molecule has 3 rings (SSSR count). The molecule has 0 spiro atoms. The van der Waals surface area contributed by atoms with Gasteiger partial charge in [-0.25, -0.2) is 14.4 Å². The molecule has 9 heteroatoms. The van der Waals surface area contributed by atoms with Crippen LogP contribution in [0.4, 0.5) is 4.39 Å². The molecule has 1 aromatic heterocycles. The summed E-state index contributed by atoms with van der Waals surface area (Å²) in [6.45, 7) is 1.17. The van der Waals surface area contributed by atoms with Gasteiger partial charge in [-0.1, -0.05) is 0 Å². The number of aliphatic carboxylic acids is 1. The first-order chi connectivity index (χ1) is 14.9. The molecule has 0 radical (unpaired) electrons. The fraction of sp³-hybridized carbons (Fsp3) is 0.182. The summed E-state index contributed by atoms with van der Waals surface area (Å²) in [4.78, 5) is 32.0. The molecule has 0 saturated heterocycles. The summed E-state index contributed by atoms with van der Waals surface area (Å²) < 4.78 is 18.7. The van der Waals surface area contributed by atoms with E-state index in [1.54, 1.807) is 24.3 Å². The SMILES string of the molecule is C[C@H](NC(=O)c1cc(CCO)nc(-c2ccc(Oc3ccc(F)cc3)cc2)n1)C(=O)O. The van der Waals surface area contributed by atoms with Gasteiger partial charge < -0.3 is 20.3 Å². The Balaban J connectivity index is 1.84. The second-order valence-electron chi connectivity index (χ2n) is 6.66. The first-order valence-electron chi connectivity index (χ1n) is 9.42. The van der Waals surface area contributed by atoms with Crippen molar-refractivity contribution in [3.63, 3.8) is 0 Å². The molecule has 0 aliphatic carbocycles. The van der Waals surface area contributed by atoms with Crippen molar-refractivity contribution in [2.75, 3.05) is 6.61 Å². The van der Waals surface area contributed by atoms with Gasteiger partial charge in [-0.3, -0.25) is 9.59 Å². The summed E-state index contributed by atoms with van der Waals surface area (Å²) in [5, 5.41) is 20.6. The summed E-state index contributed by atoms with van der Waals surface area (Å²) in [7, 11) is 0. The highest BCUT2D eigenvalue weighted by atomic mass is 19.1. The monoisotopic (exact) mass is 425 g/mol. The topological polar surface area (TPSA) is 122 Å². The third kappa shape index (κ3) is 5.83. The van der Waals surface area contributed by atoms with Crippen LogP contribution in [0.25, 0.3) is 11.4 Å². The molecule has 1 atom stereocenters. The number of halogens is 1. The van der Waals surface area contributed by atoms with Crippen molar-refractivity contribution < 1.29 is 28.9 Å². The van der Waals surface area contributed by atoms with Crippen molar-refractivity contribution in [1.29, 1.82) is 0 Å². The van der Waals surface area contributed by atoms with E-state index in [2.05, 4.69) is 15.3 Å². The van der Waals surface area contributed by atoms with E-state index in [0.29, 0.717) is 22.8 Å². The Kier molecular flexibility index (Phi) is 6.88. The van der Waals surface area contributed by atoms with Gasteiger partial charge in [0, 0.05) is 24.3 Å². The number of amides is 1. The van der Waals surface area contributed by atoms with Crippen LogP contribution in [0.3, 0.4) is 0 Å². The summed E-state index contributed by atoms with van der Waals surface area (Å²) >= 11 is 0. The van der Waals surface area contributed by atoms with Crippen molar-refractivity contribution in [2.45, 2.75) is 19.4 Å². The molecular formula is C22H20FN3O5. The number of carbonyl (C=O) groups is 2. The number of carbonyl (C=O) groups excluding carboxylic acids is 1. The highest BCUT2D eigenvalue weighted by Crippen LogP contribution is 2.25. The number of benzene rings is 2. The van der Waals surface area contributed by atoms with Gasteiger partial charge in [-0.05, 0) is 61.5 Å². The minimum absolute atomic E-state index is 0.00631. The first kappa shape index (κ1) is 21.8. The minimum Gasteiger partial charge on any atom is -0.480 e. The summed E-state index contributed by atoms with van der Waals surface area (Å²) in [6, 6.07) is 12.7. The molecule has 0 fully saturated rings. The van der Waals surface area contributed by atoms with Gasteiger partial charge in [-0.15, -0.1) is 0 Å². The minimum atomic E-state index is -1.17. The molecule has 160 valence electrons. The van der Waals surface area contributed by atoms with Crippen LogP contribution in [0, 0.1) is 5.82 Å². The molecule has 8 nitrogen and oxygen atoms in total. The van der Waals surface area contributed by atoms with Crippen LogP contribution in [0.1, 0.15) is 23.1 Å². The lowest BCUT2D eigenvalue weighted by Crippen LogP contribution is -2.38. The number of ether oxygens (including phenoxy) is 1. The van der Waals surface area contributed by atoms with E-state index in [1.807, 2.05) is 0 Å². The first-order valence-corrected chi connectivity index (χ1v) is 9.42. The van der Waals surface area contributed by atoms with Crippen molar-refractivity contribution >= 4 is 11.9 Å². The van der Waals surface area contributed by atoms with Crippen LogP contribution < -0.4 is 10.1 Å². The molecule has 3 aromatic rings. The maximum Gasteiger partial charge on any atom is 0.325 e. The highest BCUT2D eigenvalue weighted by Gasteiger charge is 2.18. The van der Waals surface area contributed by atoms with Crippen LogP contribution in [0.15, 0.2) is 54.6 Å². The Bertz CT molecular complexity index is 1070. The smallest absolute Gasteiger partial charge is 0.325 e. The normalized spacial score (nSPS) is 11.6. The van der Waals surface area contributed by atoms with Gasteiger partial charge in [0.2, 0.25) is 0 Å². The molecule has 0 saturated carbocycles. The Morgan fingerprint density at radius 3 is 2.26 bits per heavy atom. The number of aliphatic hydroxyl groups excluding tert-OH is 1.